The fourth-order valence-corrected chi connectivity index (χ4v) is 4.43. The Morgan fingerprint density at radius 1 is 0.923 bits per heavy atom. The van der Waals surface area contributed by atoms with Crippen LogP contribution in [0.1, 0.15) is 5.56 Å². The van der Waals surface area contributed by atoms with Gasteiger partial charge in [0.2, 0.25) is 0 Å². The molecule has 3 aromatic rings. The van der Waals surface area contributed by atoms with Crippen molar-refractivity contribution in [2.45, 2.75) is 4.90 Å². The largest absolute Gasteiger partial charge is 0.493 e. The highest BCUT2D eigenvalue weighted by molar-refractivity contribution is 7.87. The van der Waals surface area contributed by atoms with E-state index >= 15 is 0 Å². The van der Waals surface area contributed by atoms with Crippen LogP contribution in [0.3, 0.4) is 0 Å². The van der Waals surface area contributed by atoms with Crippen molar-refractivity contribution >= 4 is 45.1 Å². The van der Waals surface area contributed by atoms with Crippen LogP contribution in [-0.2, 0) is 19.7 Å². The van der Waals surface area contributed by atoms with Crippen molar-refractivity contribution in [3.05, 3.63) is 97.8 Å². The van der Waals surface area contributed by atoms with Gasteiger partial charge in [-0.25, -0.2) is 9.40 Å². The van der Waals surface area contributed by atoms with Gasteiger partial charge in [-0.2, -0.15) is 8.42 Å². The Kier molecular flexibility index (Phi) is 6.96. The van der Waals surface area contributed by atoms with Gasteiger partial charge in [0.05, 0.1) is 22.6 Å². The fraction of sp³-hybridized carbons (Fsp3) is 0.0435. The number of nitro groups is 2. The Morgan fingerprint density at radius 3 is 2.21 bits per heavy atom. The molecule has 0 radical (unpaired) electrons. The first-order chi connectivity index (χ1) is 18.4. The molecule has 1 N–H and O–H groups in total. The Labute approximate surface area is 218 Å². The van der Waals surface area contributed by atoms with Crippen LogP contribution in [0.4, 0.5) is 21.5 Å². The van der Waals surface area contributed by atoms with Crippen LogP contribution in [0.2, 0.25) is 0 Å². The zero-order valence-electron chi connectivity index (χ0n) is 19.6. The summed E-state index contributed by atoms with van der Waals surface area (Å²) < 4.78 is 48.9. The first kappa shape index (κ1) is 26.7. The van der Waals surface area contributed by atoms with Crippen molar-refractivity contribution in [3.63, 3.8) is 0 Å². The zero-order valence-corrected chi connectivity index (χ0v) is 20.4. The predicted octanol–water partition coefficient (Wildman–Crippen LogP) is 2.88. The molecule has 0 unspecified atom stereocenters. The number of halogens is 1. The second-order valence-corrected chi connectivity index (χ2v) is 9.27. The summed E-state index contributed by atoms with van der Waals surface area (Å²) in [5.74, 6) is -2.50. The van der Waals surface area contributed by atoms with Crippen LogP contribution in [-0.4, -0.2) is 37.2 Å². The third-order valence-electron chi connectivity index (χ3n) is 5.30. The van der Waals surface area contributed by atoms with Crippen molar-refractivity contribution in [2.24, 2.45) is 0 Å². The van der Waals surface area contributed by atoms with E-state index in [2.05, 4.69) is 5.43 Å². The summed E-state index contributed by atoms with van der Waals surface area (Å²) in [4.78, 5) is 44.5. The van der Waals surface area contributed by atoms with E-state index in [9.17, 15) is 42.6 Å². The molecule has 1 aliphatic rings. The minimum absolute atomic E-state index is 0.148. The van der Waals surface area contributed by atoms with Crippen LogP contribution < -0.4 is 19.4 Å². The lowest BCUT2D eigenvalue weighted by Gasteiger charge is -2.14. The lowest BCUT2D eigenvalue weighted by atomic mass is 10.1. The SMILES string of the molecule is COc1cc(C=C2C(=O)NN(c3ccc(F)cc3)C2=O)ccc1OS(=O)(=O)c1ccc([N+](=O)[O-])c([N+](=O)[O-])c1. The molecule has 2 amide bonds. The third-order valence-corrected chi connectivity index (χ3v) is 6.53. The van der Waals surface area contributed by atoms with Crippen molar-refractivity contribution in [1.29, 1.82) is 0 Å². The summed E-state index contributed by atoms with van der Waals surface area (Å²) in [7, 11) is -3.53. The molecule has 0 spiro atoms. The van der Waals surface area contributed by atoms with Crippen LogP contribution in [0.15, 0.2) is 71.1 Å². The zero-order chi connectivity index (χ0) is 28.5. The van der Waals surface area contributed by atoms with E-state index in [1.165, 1.54) is 37.5 Å². The quantitative estimate of drug-likeness (QED) is 0.141. The van der Waals surface area contributed by atoms with E-state index in [0.29, 0.717) is 12.1 Å². The Balaban J connectivity index is 1.62. The van der Waals surface area contributed by atoms with Gasteiger partial charge in [0.15, 0.2) is 11.5 Å². The second kappa shape index (κ2) is 10.2. The summed E-state index contributed by atoms with van der Waals surface area (Å²) in [5, 5.41) is 23.1. The molecule has 39 heavy (non-hydrogen) atoms. The molecule has 1 aliphatic heterocycles. The number of rotatable bonds is 8. The maximum Gasteiger partial charge on any atom is 0.347 e. The molecule has 0 aromatic heterocycles. The van der Waals surface area contributed by atoms with Crippen LogP contribution >= 0.6 is 0 Å². The summed E-state index contributed by atoms with van der Waals surface area (Å²) in [5.41, 5.74) is 0.577. The molecule has 0 atom stereocenters. The molecule has 4 rings (SSSR count). The summed E-state index contributed by atoms with van der Waals surface area (Å²) in [6.07, 6.45) is 1.21. The molecule has 1 saturated heterocycles. The Hall–Kier alpha value is -5.38. The van der Waals surface area contributed by atoms with E-state index in [1.54, 1.807) is 0 Å². The number of benzene rings is 3. The number of anilines is 1. The molecular formula is C23H15FN4O10S. The number of amides is 2. The highest BCUT2D eigenvalue weighted by Crippen LogP contribution is 2.34. The van der Waals surface area contributed by atoms with Gasteiger partial charge >= 0.3 is 21.5 Å². The molecule has 200 valence electrons. The monoisotopic (exact) mass is 558 g/mol. The topological polar surface area (TPSA) is 188 Å². The van der Waals surface area contributed by atoms with Crippen molar-refractivity contribution in [1.82, 2.24) is 5.43 Å². The van der Waals surface area contributed by atoms with Gasteiger partial charge in [-0.15, -0.1) is 0 Å². The van der Waals surface area contributed by atoms with E-state index < -0.39 is 53.9 Å². The van der Waals surface area contributed by atoms with E-state index in [4.69, 9.17) is 8.92 Å². The number of ether oxygens (including phenoxy) is 1. The van der Waals surface area contributed by atoms with Gasteiger partial charge in [-0.05, 0) is 54.1 Å². The average molecular weight is 558 g/mol. The van der Waals surface area contributed by atoms with E-state index in [0.717, 1.165) is 29.3 Å². The minimum Gasteiger partial charge on any atom is -0.493 e. The standard InChI is InChI=1S/C23H15FN4O10S/c1-37-21-11-13(10-17-22(29)25-26(23(17)30)15-5-3-14(24)4-6-15)2-9-20(21)38-39(35,36)16-7-8-18(27(31)32)19(12-16)28(33)34/h2-12H,1H3,(H,25,29). The van der Waals surface area contributed by atoms with Gasteiger partial charge in [0, 0.05) is 12.1 Å². The van der Waals surface area contributed by atoms with Gasteiger partial charge < -0.3 is 8.92 Å². The number of nitrogens with zero attached hydrogens (tertiary/aromatic N) is 3. The molecule has 16 heteroatoms. The number of methoxy groups -OCH3 is 1. The highest BCUT2D eigenvalue weighted by Gasteiger charge is 2.34. The number of carbonyl (C=O) groups is 2. The van der Waals surface area contributed by atoms with Gasteiger partial charge in [-0.1, -0.05) is 6.07 Å². The summed E-state index contributed by atoms with van der Waals surface area (Å²) in [6.45, 7) is 0. The van der Waals surface area contributed by atoms with E-state index in [1.807, 2.05) is 0 Å². The molecule has 0 saturated carbocycles. The van der Waals surface area contributed by atoms with Gasteiger partial charge in [0.25, 0.3) is 11.8 Å². The van der Waals surface area contributed by atoms with Crippen molar-refractivity contribution in [2.75, 3.05) is 12.1 Å². The molecule has 0 bridgehead atoms. The van der Waals surface area contributed by atoms with Crippen molar-refractivity contribution < 1.29 is 41.2 Å². The molecule has 1 heterocycles. The molecule has 1 fully saturated rings. The van der Waals surface area contributed by atoms with Crippen LogP contribution in [0.5, 0.6) is 11.5 Å². The lowest BCUT2D eigenvalue weighted by Crippen LogP contribution is -2.35. The maximum absolute atomic E-state index is 13.2. The smallest absolute Gasteiger partial charge is 0.347 e. The number of hydrogen-bond acceptors (Lipinski definition) is 10. The molecular weight excluding hydrogens is 543 g/mol. The second-order valence-electron chi connectivity index (χ2n) is 7.73. The summed E-state index contributed by atoms with van der Waals surface area (Å²) in [6, 6.07) is 10.5. The Bertz CT molecular complexity index is 1670. The number of hydrogen-bond donors (Lipinski definition) is 1. The number of nitro benzene ring substituents is 2. The lowest BCUT2D eigenvalue weighted by molar-refractivity contribution is -0.422. The average Bonchev–Trinajstić information content (AvgIpc) is 3.17. The minimum atomic E-state index is -4.71. The maximum atomic E-state index is 13.2. The normalized spacial score (nSPS) is 14.3. The number of carbonyl (C=O) groups excluding carboxylic acids is 2. The number of nitrogens with one attached hydrogen (secondary N) is 1. The number of hydrazine groups is 1. The van der Waals surface area contributed by atoms with E-state index in [-0.39, 0.29) is 28.3 Å². The first-order valence-electron chi connectivity index (χ1n) is 10.6. The van der Waals surface area contributed by atoms with Crippen LogP contribution in [0.25, 0.3) is 6.08 Å². The fourth-order valence-electron chi connectivity index (χ4n) is 3.46. The highest BCUT2D eigenvalue weighted by atomic mass is 32.2. The first-order valence-corrected chi connectivity index (χ1v) is 12.0. The molecule has 3 aromatic carbocycles. The predicted molar refractivity (Wildman–Crippen MR) is 131 cm³/mol. The summed E-state index contributed by atoms with van der Waals surface area (Å²) >= 11 is 0. The van der Waals surface area contributed by atoms with Gasteiger partial charge in [0.1, 0.15) is 16.3 Å². The van der Waals surface area contributed by atoms with Crippen molar-refractivity contribution in [3.8, 4) is 11.5 Å². The third kappa shape index (κ3) is 5.35. The Morgan fingerprint density at radius 2 is 1.59 bits per heavy atom. The van der Waals surface area contributed by atoms with Gasteiger partial charge in [-0.3, -0.25) is 35.2 Å². The molecule has 0 aliphatic carbocycles. The van der Waals surface area contributed by atoms with Crippen LogP contribution in [0, 0.1) is 26.0 Å². The molecule has 14 nitrogen and oxygen atoms in total.